The molecule has 2 N–H and O–H groups in total. The SMILES string of the molecule is N#Cc1ncccc1Sc1ccncc1N. The Morgan fingerprint density at radius 1 is 1.25 bits per heavy atom. The molecule has 0 radical (unpaired) electrons. The average molecular weight is 228 g/mol. The predicted octanol–water partition coefficient (Wildman–Crippen LogP) is 2.08. The van der Waals surface area contributed by atoms with E-state index < -0.39 is 0 Å². The molecular weight excluding hydrogens is 220 g/mol. The standard InChI is InChI=1S/C11H8N4S/c12-6-9-11(2-1-4-15-9)16-10-3-5-14-7-8(10)13/h1-5,7H,13H2. The smallest absolute Gasteiger partial charge is 0.154 e. The molecule has 0 fully saturated rings. The Hall–Kier alpha value is -2.06. The van der Waals surface area contributed by atoms with Crippen molar-refractivity contribution in [2.45, 2.75) is 9.79 Å². The van der Waals surface area contributed by atoms with Crippen LogP contribution in [-0.2, 0) is 0 Å². The van der Waals surface area contributed by atoms with E-state index >= 15 is 0 Å². The van der Waals surface area contributed by atoms with Gasteiger partial charge in [0.05, 0.1) is 11.9 Å². The van der Waals surface area contributed by atoms with Crippen molar-refractivity contribution in [2.75, 3.05) is 5.73 Å². The number of rotatable bonds is 2. The summed E-state index contributed by atoms with van der Waals surface area (Å²) in [6.07, 6.45) is 4.85. The molecule has 5 heteroatoms. The first-order chi connectivity index (χ1) is 7.81. The van der Waals surface area contributed by atoms with Gasteiger partial charge >= 0.3 is 0 Å². The maximum Gasteiger partial charge on any atom is 0.154 e. The number of hydrogen-bond donors (Lipinski definition) is 1. The van der Waals surface area contributed by atoms with Crippen molar-refractivity contribution in [3.8, 4) is 6.07 Å². The van der Waals surface area contributed by atoms with Gasteiger partial charge in [-0.3, -0.25) is 4.98 Å². The van der Waals surface area contributed by atoms with Crippen LogP contribution in [0.4, 0.5) is 5.69 Å². The van der Waals surface area contributed by atoms with E-state index in [9.17, 15) is 0 Å². The lowest BCUT2D eigenvalue weighted by Gasteiger charge is -2.04. The number of nitrogens with zero attached hydrogens (tertiary/aromatic N) is 3. The lowest BCUT2D eigenvalue weighted by Crippen LogP contribution is -1.90. The van der Waals surface area contributed by atoms with Gasteiger partial charge < -0.3 is 5.73 Å². The van der Waals surface area contributed by atoms with Crippen molar-refractivity contribution in [2.24, 2.45) is 0 Å². The van der Waals surface area contributed by atoms with Crippen molar-refractivity contribution in [1.29, 1.82) is 5.26 Å². The molecule has 0 aliphatic carbocycles. The molecule has 0 aromatic carbocycles. The third-order valence-corrected chi connectivity index (χ3v) is 3.05. The van der Waals surface area contributed by atoms with Crippen LogP contribution in [0.2, 0.25) is 0 Å². The summed E-state index contributed by atoms with van der Waals surface area (Å²) < 4.78 is 0. The van der Waals surface area contributed by atoms with Crippen LogP contribution in [-0.4, -0.2) is 9.97 Å². The molecule has 4 nitrogen and oxygen atoms in total. The van der Waals surface area contributed by atoms with Crippen LogP contribution in [0.5, 0.6) is 0 Å². The fourth-order valence-corrected chi connectivity index (χ4v) is 2.04. The molecule has 0 aliphatic heterocycles. The van der Waals surface area contributed by atoms with E-state index in [1.165, 1.54) is 11.8 Å². The van der Waals surface area contributed by atoms with Gasteiger partial charge in [0.25, 0.3) is 0 Å². The van der Waals surface area contributed by atoms with Gasteiger partial charge in [-0.05, 0) is 18.2 Å². The minimum Gasteiger partial charge on any atom is -0.397 e. The van der Waals surface area contributed by atoms with Crippen LogP contribution in [0.1, 0.15) is 5.69 Å². The molecule has 0 amide bonds. The number of hydrogen-bond acceptors (Lipinski definition) is 5. The van der Waals surface area contributed by atoms with Crippen LogP contribution in [0, 0.1) is 11.3 Å². The van der Waals surface area contributed by atoms with Crippen LogP contribution < -0.4 is 5.73 Å². The number of pyridine rings is 2. The van der Waals surface area contributed by atoms with Gasteiger partial charge in [0, 0.05) is 22.2 Å². The molecule has 2 heterocycles. The number of nitriles is 1. The first kappa shape index (κ1) is 10.5. The molecule has 0 saturated carbocycles. The highest BCUT2D eigenvalue weighted by molar-refractivity contribution is 7.99. The van der Waals surface area contributed by atoms with Crippen LogP contribution in [0.25, 0.3) is 0 Å². The fourth-order valence-electron chi connectivity index (χ4n) is 1.16. The molecule has 0 saturated heterocycles. The first-order valence-corrected chi connectivity index (χ1v) is 5.35. The van der Waals surface area contributed by atoms with Crippen molar-refractivity contribution < 1.29 is 0 Å². The third-order valence-electron chi connectivity index (χ3n) is 1.91. The maximum atomic E-state index is 8.90. The molecular formula is C11H8N4S. The number of aromatic nitrogens is 2. The van der Waals surface area contributed by atoms with Gasteiger partial charge in [-0.2, -0.15) is 5.26 Å². The summed E-state index contributed by atoms with van der Waals surface area (Å²) >= 11 is 1.42. The van der Waals surface area contributed by atoms with Gasteiger partial charge in [0.15, 0.2) is 5.69 Å². The summed E-state index contributed by atoms with van der Waals surface area (Å²) in [6, 6.07) is 7.50. The molecule has 0 bridgehead atoms. The van der Waals surface area contributed by atoms with Gasteiger partial charge in [-0.25, -0.2) is 4.98 Å². The second-order valence-electron chi connectivity index (χ2n) is 2.98. The molecule has 0 atom stereocenters. The van der Waals surface area contributed by atoms with E-state index in [0.717, 1.165) is 9.79 Å². The second-order valence-corrected chi connectivity index (χ2v) is 4.06. The van der Waals surface area contributed by atoms with Crippen molar-refractivity contribution in [3.63, 3.8) is 0 Å². The van der Waals surface area contributed by atoms with E-state index in [1.54, 1.807) is 24.7 Å². The average Bonchev–Trinajstić information content (AvgIpc) is 2.33. The summed E-state index contributed by atoms with van der Waals surface area (Å²) in [6.45, 7) is 0. The largest absolute Gasteiger partial charge is 0.397 e. The Balaban J connectivity index is 2.35. The minimum absolute atomic E-state index is 0.406. The predicted molar refractivity (Wildman–Crippen MR) is 61.7 cm³/mol. The van der Waals surface area contributed by atoms with Crippen LogP contribution in [0.15, 0.2) is 46.6 Å². The Morgan fingerprint density at radius 3 is 2.88 bits per heavy atom. The quantitative estimate of drug-likeness (QED) is 0.851. The molecule has 78 valence electrons. The molecule has 2 aromatic heterocycles. The Bertz CT molecular complexity index is 548. The zero-order valence-electron chi connectivity index (χ0n) is 8.29. The summed E-state index contributed by atoms with van der Waals surface area (Å²) in [5.41, 5.74) is 6.78. The molecule has 16 heavy (non-hydrogen) atoms. The highest BCUT2D eigenvalue weighted by Gasteiger charge is 2.06. The van der Waals surface area contributed by atoms with Gasteiger partial charge in [-0.1, -0.05) is 11.8 Å². The summed E-state index contributed by atoms with van der Waals surface area (Å²) in [7, 11) is 0. The summed E-state index contributed by atoms with van der Waals surface area (Å²) in [4.78, 5) is 9.56. The first-order valence-electron chi connectivity index (χ1n) is 4.53. The lowest BCUT2D eigenvalue weighted by molar-refractivity contribution is 1.17. The highest BCUT2D eigenvalue weighted by Crippen LogP contribution is 2.32. The molecule has 2 rings (SSSR count). The molecule has 2 aromatic rings. The van der Waals surface area contributed by atoms with Gasteiger partial charge in [0.1, 0.15) is 6.07 Å². The van der Waals surface area contributed by atoms with Crippen LogP contribution in [0.3, 0.4) is 0 Å². The zero-order chi connectivity index (χ0) is 11.4. The van der Waals surface area contributed by atoms with Crippen molar-refractivity contribution in [1.82, 2.24) is 9.97 Å². The van der Waals surface area contributed by atoms with E-state index in [2.05, 4.69) is 9.97 Å². The van der Waals surface area contributed by atoms with E-state index in [-0.39, 0.29) is 0 Å². The topological polar surface area (TPSA) is 75.6 Å². The second kappa shape index (κ2) is 4.64. The Morgan fingerprint density at radius 2 is 2.12 bits per heavy atom. The van der Waals surface area contributed by atoms with E-state index in [0.29, 0.717) is 11.4 Å². The summed E-state index contributed by atoms with van der Waals surface area (Å²) in [5.74, 6) is 0. The number of anilines is 1. The van der Waals surface area contributed by atoms with Crippen molar-refractivity contribution >= 4 is 17.4 Å². The van der Waals surface area contributed by atoms with E-state index in [1.807, 2.05) is 18.2 Å². The van der Waals surface area contributed by atoms with Gasteiger partial charge in [0.2, 0.25) is 0 Å². The molecule has 0 spiro atoms. The third kappa shape index (κ3) is 2.12. The number of nitrogen functional groups attached to an aromatic ring is 1. The monoisotopic (exact) mass is 228 g/mol. The Kier molecular flexibility index (Phi) is 3.03. The van der Waals surface area contributed by atoms with Gasteiger partial charge in [-0.15, -0.1) is 0 Å². The zero-order valence-corrected chi connectivity index (χ0v) is 9.11. The Labute approximate surface area is 97.1 Å². The lowest BCUT2D eigenvalue weighted by atomic mass is 10.4. The van der Waals surface area contributed by atoms with E-state index in [4.69, 9.17) is 11.0 Å². The molecule has 0 aliphatic rings. The normalized spacial score (nSPS) is 9.69. The summed E-state index contributed by atoms with van der Waals surface area (Å²) in [5, 5.41) is 8.90. The minimum atomic E-state index is 0.406. The fraction of sp³-hybridized carbons (Fsp3) is 0. The van der Waals surface area contributed by atoms with Crippen LogP contribution >= 0.6 is 11.8 Å². The van der Waals surface area contributed by atoms with Crippen molar-refractivity contribution in [3.05, 3.63) is 42.5 Å². The highest BCUT2D eigenvalue weighted by atomic mass is 32.2. The maximum absolute atomic E-state index is 8.90. The molecule has 0 unspecified atom stereocenters. The number of nitrogens with two attached hydrogens (primary N) is 1.